The predicted octanol–water partition coefficient (Wildman–Crippen LogP) is 2.96. The van der Waals surface area contributed by atoms with Gasteiger partial charge in [-0.1, -0.05) is 5.16 Å². The molecule has 1 aliphatic heterocycles. The van der Waals surface area contributed by atoms with Gasteiger partial charge in [-0.15, -0.1) is 0 Å². The minimum Gasteiger partial charge on any atom is -0.454 e. The van der Waals surface area contributed by atoms with Gasteiger partial charge in [0.1, 0.15) is 5.69 Å². The van der Waals surface area contributed by atoms with Crippen molar-refractivity contribution in [2.24, 2.45) is 0 Å². The van der Waals surface area contributed by atoms with Crippen molar-refractivity contribution in [3.8, 4) is 22.8 Å². The molecule has 8 heteroatoms. The predicted molar refractivity (Wildman–Crippen MR) is 100.0 cm³/mol. The van der Waals surface area contributed by atoms with Crippen molar-refractivity contribution in [3.63, 3.8) is 0 Å². The van der Waals surface area contributed by atoms with E-state index in [1.807, 2.05) is 18.2 Å². The summed E-state index contributed by atoms with van der Waals surface area (Å²) in [6, 6.07) is 13.9. The van der Waals surface area contributed by atoms with Crippen LogP contribution in [0, 0.1) is 0 Å². The van der Waals surface area contributed by atoms with Gasteiger partial charge in [0.15, 0.2) is 17.3 Å². The lowest BCUT2D eigenvalue weighted by Gasteiger charge is -2.05. The number of benzene rings is 2. The molecule has 3 aromatic rings. The highest BCUT2D eigenvalue weighted by molar-refractivity contribution is 5.95. The minimum atomic E-state index is -0.248. The van der Waals surface area contributed by atoms with Gasteiger partial charge in [0.05, 0.1) is 6.54 Å². The van der Waals surface area contributed by atoms with E-state index in [0.717, 1.165) is 5.56 Å². The molecule has 2 N–H and O–H groups in total. The van der Waals surface area contributed by atoms with Crippen molar-refractivity contribution >= 4 is 17.5 Å². The molecule has 0 fully saturated rings. The normalized spacial score (nSPS) is 11.9. The maximum atomic E-state index is 12.3. The van der Waals surface area contributed by atoms with E-state index in [1.165, 1.54) is 6.92 Å². The fraction of sp³-hybridized carbons (Fsp3) is 0.150. The van der Waals surface area contributed by atoms with Crippen LogP contribution >= 0.6 is 0 Å². The van der Waals surface area contributed by atoms with Crippen LogP contribution in [0.4, 0.5) is 5.69 Å². The third kappa shape index (κ3) is 3.80. The van der Waals surface area contributed by atoms with Crippen molar-refractivity contribution in [2.75, 3.05) is 12.1 Å². The average Bonchev–Trinajstić information content (AvgIpc) is 3.35. The highest BCUT2D eigenvalue weighted by Crippen LogP contribution is 2.36. The number of carbonyl (C=O) groups excluding carboxylic acids is 2. The first-order valence-corrected chi connectivity index (χ1v) is 8.60. The Hall–Kier alpha value is -3.81. The maximum Gasteiger partial charge on any atom is 0.251 e. The third-order valence-corrected chi connectivity index (χ3v) is 4.11. The lowest BCUT2D eigenvalue weighted by molar-refractivity contribution is -0.114. The molecule has 4 rings (SSSR count). The first kappa shape index (κ1) is 17.6. The molecule has 0 radical (unpaired) electrons. The fourth-order valence-electron chi connectivity index (χ4n) is 2.76. The third-order valence-electron chi connectivity index (χ3n) is 4.11. The molecule has 0 atom stereocenters. The first-order chi connectivity index (χ1) is 13.6. The van der Waals surface area contributed by atoms with E-state index in [-0.39, 0.29) is 25.2 Å². The van der Waals surface area contributed by atoms with E-state index in [4.69, 9.17) is 14.0 Å². The molecule has 2 amide bonds. The van der Waals surface area contributed by atoms with Crippen molar-refractivity contribution in [1.82, 2.24) is 10.5 Å². The van der Waals surface area contributed by atoms with E-state index >= 15 is 0 Å². The summed E-state index contributed by atoms with van der Waals surface area (Å²) in [4.78, 5) is 23.3. The molecule has 0 bridgehead atoms. The Morgan fingerprint density at radius 2 is 1.82 bits per heavy atom. The van der Waals surface area contributed by atoms with Gasteiger partial charge >= 0.3 is 0 Å². The lowest BCUT2D eigenvalue weighted by Crippen LogP contribution is -2.22. The molecule has 0 unspecified atom stereocenters. The van der Waals surface area contributed by atoms with Crippen LogP contribution in [-0.2, 0) is 11.3 Å². The quantitative estimate of drug-likeness (QED) is 0.707. The molecule has 8 nitrogen and oxygen atoms in total. The zero-order chi connectivity index (χ0) is 19.5. The van der Waals surface area contributed by atoms with Crippen molar-refractivity contribution in [2.45, 2.75) is 13.5 Å². The smallest absolute Gasteiger partial charge is 0.251 e. The van der Waals surface area contributed by atoms with Crippen LogP contribution in [-0.4, -0.2) is 23.8 Å². The summed E-state index contributed by atoms with van der Waals surface area (Å²) in [6.07, 6.45) is 0. The maximum absolute atomic E-state index is 12.3. The van der Waals surface area contributed by atoms with E-state index < -0.39 is 0 Å². The Morgan fingerprint density at radius 3 is 2.61 bits per heavy atom. The molecule has 142 valence electrons. The first-order valence-electron chi connectivity index (χ1n) is 8.60. The fourth-order valence-corrected chi connectivity index (χ4v) is 2.76. The Morgan fingerprint density at radius 1 is 1.04 bits per heavy atom. The topological polar surface area (TPSA) is 103 Å². The van der Waals surface area contributed by atoms with Crippen molar-refractivity contribution in [3.05, 3.63) is 59.8 Å². The number of ether oxygens (including phenoxy) is 2. The second kappa shape index (κ2) is 7.43. The number of rotatable bonds is 5. The van der Waals surface area contributed by atoms with Crippen molar-refractivity contribution < 1.29 is 23.6 Å². The molecule has 2 heterocycles. The van der Waals surface area contributed by atoms with E-state index in [1.54, 1.807) is 30.3 Å². The summed E-state index contributed by atoms with van der Waals surface area (Å²) < 4.78 is 16.0. The second-order valence-corrected chi connectivity index (χ2v) is 6.19. The highest BCUT2D eigenvalue weighted by Gasteiger charge is 2.16. The Bertz CT molecular complexity index is 1030. The van der Waals surface area contributed by atoms with E-state index in [9.17, 15) is 9.59 Å². The highest BCUT2D eigenvalue weighted by atomic mass is 16.7. The molecular formula is C20H17N3O5. The zero-order valence-corrected chi connectivity index (χ0v) is 15.0. The molecule has 0 spiro atoms. The summed E-state index contributed by atoms with van der Waals surface area (Å²) in [5, 5.41) is 9.43. The van der Waals surface area contributed by atoms with Gasteiger partial charge in [0.2, 0.25) is 12.7 Å². The second-order valence-electron chi connectivity index (χ2n) is 6.19. The Labute approximate surface area is 160 Å². The number of fused-ring (bicyclic) bond motifs is 1. The Kier molecular flexibility index (Phi) is 4.67. The van der Waals surface area contributed by atoms with Crippen LogP contribution in [0.5, 0.6) is 11.5 Å². The van der Waals surface area contributed by atoms with Gasteiger partial charge in [-0.2, -0.15) is 0 Å². The minimum absolute atomic E-state index is 0.165. The van der Waals surface area contributed by atoms with Crippen LogP contribution < -0.4 is 20.1 Å². The standard InChI is InChI=1S/C20H17N3O5/c1-12(24)22-15-5-2-13(3-6-15)20(25)21-10-16-9-18(28-23-16)14-4-7-17-19(8-14)27-11-26-17/h2-9H,10-11H2,1H3,(H,21,25)(H,22,24). The van der Waals surface area contributed by atoms with Crippen LogP contribution in [0.3, 0.4) is 0 Å². The number of nitrogens with one attached hydrogen (secondary N) is 2. The van der Waals surface area contributed by atoms with Crippen LogP contribution in [0.15, 0.2) is 53.1 Å². The number of carbonyl (C=O) groups is 2. The van der Waals surface area contributed by atoms with Gasteiger partial charge in [-0.3, -0.25) is 9.59 Å². The largest absolute Gasteiger partial charge is 0.454 e. The molecular weight excluding hydrogens is 362 g/mol. The van der Waals surface area contributed by atoms with Gasteiger partial charge < -0.3 is 24.6 Å². The molecule has 0 saturated heterocycles. The SMILES string of the molecule is CC(=O)Nc1ccc(C(=O)NCc2cc(-c3ccc4c(c3)OCO4)on2)cc1. The molecule has 28 heavy (non-hydrogen) atoms. The Balaban J connectivity index is 1.38. The van der Waals surface area contributed by atoms with Crippen molar-refractivity contribution in [1.29, 1.82) is 0 Å². The summed E-state index contributed by atoms with van der Waals surface area (Å²) in [6.45, 7) is 1.86. The van der Waals surface area contributed by atoms with Gasteiger partial charge in [0, 0.05) is 29.8 Å². The van der Waals surface area contributed by atoms with Crippen LogP contribution in [0.1, 0.15) is 23.0 Å². The lowest BCUT2D eigenvalue weighted by atomic mass is 10.1. The molecule has 1 aliphatic rings. The summed E-state index contributed by atoms with van der Waals surface area (Å²) >= 11 is 0. The number of anilines is 1. The summed E-state index contributed by atoms with van der Waals surface area (Å²) in [5.41, 5.74) is 2.52. The molecule has 0 aliphatic carbocycles. The van der Waals surface area contributed by atoms with Crippen LogP contribution in [0.2, 0.25) is 0 Å². The summed E-state index contributed by atoms with van der Waals surface area (Å²) in [5.74, 6) is 1.51. The average molecular weight is 379 g/mol. The monoisotopic (exact) mass is 379 g/mol. The number of nitrogens with zero attached hydrogens (tertiary/aromatic N) is 1. The zero-order valence-electron chi connectivity index (χ0n) is 15.0. The number of amides is 2. The number of hydrogen-bond donors (Lipinski definition) is 2. The van der Waals surface area contributed by atoms with Gasteiger partial charge in [-0.25, -0.2) is 0 Å². The number of hydrogen-bond acceptors (Lipinski definition) is 6. The van der Waals surface area contributed by atoms with Gasteiger partial charge in [0.25, 0.3) is 5.91 Å². The van der Waals surface area contributed by atoms with Crippen LogP contribution in [0.25, 0.3) is 11.3 Å². The molecule has 1 aromatic heterocycles. The van der Waals surface area contributed by atoms with E-state index in [2.05, 4.69) is 15.8 Å². The van der Waals surface area contributed by atoms with E-state index in [0.29, 0.717) is 34.2 Å². The number of aromatic nitrogens is 1. The summed E-state index contributed by atoms with van der Waals surface area (Å²) in [7, 11) is 0. The molecule has 2 aromatic carbocycles. The molecule has 0 saturated carbocycles. The van der Waals surface area contributed by atoms with Gasteiger partial charge in [-0.05, 0) is 42.5 Å².